The van der Waals surface area contributed by atoms with Crippen molar-refractivity contribution in [2.45, 2.75) is 26.0 Å². The van der Waals surface area contributed by atoms with Gasteiger partial charge in [0.2, 0.25) is 0 Å². The summed E-state index contributed by atoms with van der Waals surface area (Å²) in [4.78, 5) is 12.1. The third-order valence-electron chi connectivity index (χ3n) is 4.01. The highest BCUT2D eigenvalue weighted by atomic mass is 32.1. The Bertz CT molecular complexity index is 826. The Morgan fingerprint density at radius 3 is 2.83 bits per heavy atom. The second-order valence-electron chi connectivity index (χ2n) is 5.74. The number of carbonyl (C=O) groups is 1. The number of hydrogen-bond acceptors (Lipinski definition) is 4. The molecule has 6 heteroatoms. The van der Waals surface area contributed by atoms with E-state index in [1.165, 1.54) is 11.3 Å². The molecule has 2 atom stereocenters. The number of hydrogen-bond donors (Lipinski definition) is 3. The monoisotopic (exact) mass is 344 g/mol. The fourth-order valence-electron chi connectivity index (χ4n) is 2.69. The lowest BCUT2D eigenvalue weighted by atomic mass is 10.1. The second-order valence-corrected chi connectivity index (χ2v) is 6.52. The molecule has 0 saturated heterocycles. The largest absolute Gasteiger partial charge is 0.459 e. The molecule has 1 aromatic carbocycles. The maximum absolute atomic E-state index is 12.1. The van der Waals surface area contributed by atoms with Crippen molar-refractivity contribution in [3.63, 3.8) is 0 Å². The van der Waals surface area contributed by atoms with Gasteiger partial charge in [-0.1, -0.05) is 18.2 Å². The van der Waals surface area contributed by atoms with Crippen LogP contribution in [0.4, 0.5) is 4.79 Å². The van der Waals surface area contributed by atoms with Crippen molar-refractivity contribution in [1.82, 2.24) is 10.6 Å². The molecule has 2 aromatic heterocycles. The van der Waals surface area contributed by atoms with Crippen LogP contribution in [0.1, 0.15) is 36.0 Å². The minimum absolute atomic E-state index is 0.161. The summed E-state index contributed by atoms with van der Waals surface area (Å²) < 4.78 is 5.86. The molecule has 0 bridgehead atoms. The predicted molar refractivity (Wildman–Crippen MR) is 95.2 cm³/mol. The van der Waals surface area contributed by atoms with Crippen LogP contribution in [0.3, 0.4) is 0 Å². The van der Waals surface area contributed by atoms with Crippen LogP contribution in [0, 0.1) is 6.92 Å². The molecular weight excluding hydrogens is 324 g/mol. The molecule has 0 spiro atoms. The zero-order chi connectivity index (χ0) is 17.1. The summed E-state index contributed by atoms with van der Waals surface area (Å²) in [5.41, 5.74) is 2.64. The van der Waals surface area contributed by atoms with Crippen LogP contribution >= 0.6 is 11.3 Å². The van der Waals surface area contributed by atoms with Crippen molar-refractivity contribution < 1.29 is 14.3 Å². The summed E-state index contributed by atoms with van der Waals surface area (Å²) >= 11 is 1.51. The molecule has 2 unspecified atom stereocenters. The van der Waals surface area contributed by atoms with Crippen molar-refractivity contribution in [2.75, 3.05) is 6.54 Å². The molecule has 0 fully saturated rings. The molecule has 3 rings (SSSR count). The average molecular weight is 344 g/mol. The fourth-order valence-corrected chi connectivity index (χ4v) is 3.40. The minimum Gasteiger partial charge on any atom is -0.459 e. The van der Waals surface area contributed by atoms with E-state index in [1.807, 2.05) is 54.9 Å². The fraction of sp³-hybridized carbons (Fsp3) is 0.278. The Labute approximate surface area is 144 Å². The van der Waals surface area contributed by atoms with Gasteiger partial charge in [-0.05, 0) is 42.3 Å². The summed E-state index contributed by atoms with van der Waals surface area (Å²) in [7, 11) is 0. The van der Waals surface area contributed by atoms with E-state index >= 15 is 0 Å². The first-order chi connectivity index (χ1) is 11.6. The highest BCUT2D eigenvalue weighted by Crippen LogP contribution is 2.29. The van der Waals surface area contributed by atoms with Crippen LogP contribution in [0.2, 0.25) is 0 Å². The van der Waals surface area contributed by atoms with Gasteiger partial charge in [0, 0.05) is 17.5 Å². The van der Waals surface area contributed by atoms with Crippen LogP contribution < -0.4 is 10.6 Å². The number of para-hydroxylation sites is 1. The molecular formula is C18H20N2O3S. The first-order valence-electron chi connectivity index (χ1n) is 7.79. The normalized spacial score (nSPS) is 13.6. The van der Waals surface area contributed by atoms with Gasteiger partial charge in [-0.3, -0.25) is 0 Å². The third-order valence-corrected chi connectivity index (χ3v) is 4.71. The molecule has 0 aliphatic heterocycles. The number of aliphatic hydroxyl groups excluding tert-OH is 1. The number of amides is 2. The summed E-state index contributed by atoms with van der Waals surface area (Å²) in [6.07, 6.45) is -0.703. The van der Waals surface area contributed by atoms with Crippen molar-refractivity contribution in [2.24, 2.45) is 0 Å². The zero-order valence-electron chi connectivity index (χ0n) is 13.6. The Hall–Kier alpha value is -2.31. The molecule has 3 N–H and O–H groups in total. The number of nitrogens with one attached hydrogen (secondary N) is 2. The Kier molecular flexibility index (Phi) is 4.87. The Morgan fingerprint density at radius 2 is 2.12 bits per heavy atom. The predicted octanol–water partition coefficient (Wildman–Crippen LogP) is 3.90. The maximum atomic E-state index is 12.1. The highest BCUT2D eigenvalue weighted by molar-refractivity contribution is 7.07. The van der Waals surface area contributed by atoms with Crippen molar-refractivity contribution in [3.8, 4) is 0 Å². The van der Waals surface area contributed by atoms with Crippen molar-refractivity contribution in [3.05, 3.63) is 58.0 Å². The van der Waals surface area contributed by atoms with Crippen molar-refractivity contribution in [1.29, 1.82) is 0 Å². The van der Waals surface area contributed by atoms with Gasteiger partial charge in [-0.25, -0.2) is 4.79 Å². The molecule has 0 aliphatic rings. The van der Waals surface area contributed by atoms with Gasteiger partial charge < -0.3 is 20.2 Å². The molecule has 126 valence electrons. The number of thiophene rings is 1. The topological polar surface area (TPSA) is 74.5 Å². The number of urea groups is 1. The van der Waals surface area contributed by atoms with Gasteiger partial charge in [0.25, 0.3) is 0 Å². The van der Waals surface area contributed by atoms with Gasteiger partial charge in [0.05, 0.1) is 12.1 Å². The quantitative estimate of drug-likeness (QED) is 0.657. The SMILES string of the molecule is Cc1c(C(C)NC(=O)NCC(O)c2ccsc2)oc2ccccc12. The molecule has 2 heterocycles. The lowest BCUT2D eigenvalue weighted by molar-refractivity contribution is 0.173. The second kappa shape index (κ2) is 7.07. The third kappa shape index (κ3) is 3.44. The Morgan fingerprint density at radius 1 is 1.33 bits per heavy atom. The zero-order valence-corrected chi connectivity index (χ0v) is 14.4. The van der Waals surface area contributed by atoms with Crippen LogP contribution in [0.15, 0.2) is 45.5 Å². The van der Waals surface area contributed by atoms with Gasteiger partial charge in [-0.15, -0.1) is 0 Å². The van der Waals surface area contributed by atoms with E-state index in [0.29, 0.717) is 0 Å². The molecule has 0 saturated carbocycles. The number of furan rings is 1. The molecule has 0 aliphatic carbocycles. The molecule has 2 amide bonds. The lowest BCUT2D eigenvalue weighted by Gasteiger charge is -2.15. The van der Waals surface area contributed by atoms with E-state index in [0.717, 1.165) is 27.9 Å². The molecule has 0 radical (unpaired) electrons. The molecule has 24 heavy (non-hydrogen) atoms. The standard InChI is InChI=1S/C18H20N2O3S/c1-11-14-5-3-4-6-16(14)23-17(11)12(2)20-18(22)19-9-15(21)13-7-8-24-10-13/h3-8,10,12,15,21H,9H2,1-2H3,(H2,19,20,22). The van der Waals surface area contributed by atoms with Gasteiger partial charge >= 0.3 is 6.03 Å². The first kappa shape index (κ1) is 16.5. The van der Waals surface area contributed by atoms with E-state index in [4.69, 9.17) is 4.42 Å². The van der Waals surface area contributed by atoms with Gasteiger partial charge in [-0.2, -0.15) is 11.3 Å². The summed E-state index contributed by atoms with van der Waals surface area (Å²) in [6, 6.07) is 9.04. The van der Waals surface area contributed by atoms with E-state index in [2.05, 4.69) is 10.6 Å². The summed E-state index contributed by atoms with van der Waals surface area (Å²) in [5.74, 6) is 0.740. The van der Waals surface area contributed by atoms with Gasteiger partial charge in [0.1, 0.15) is 11.3 Å². The van der Waals surface area contributed by atoms with Gasteiger partial charge in [0.15, 0.2) is 0 Å². The van der Waals surface area contributed by atoms with E-state index in [1.54, 1.807) is 0 Å². The van der Waals surface area contributed by atoms with Crippen molar-refractivity contribution >= 4 is 28.3 Å². The number of aryl methyl sites for hydroxylation is 1. The number of aliphatic hydroxyl groups is 1. The number of rotatable bonds is 5. The Balaban J connectivity index is 1.60. The van der Waals surface area contributed by atoms with E-state index < -0.39 is 6.10 Å². The first-order valence-corrected chi connectivity index (χ1v) is 8.73. The van der Waals surface area contributed by atoms with Crippen LogP contribution in [-0.2, 0) is 0 Å². The van der Waals surface area contributed by atoms with Crippen LogP contribution in [-0.4, -0.2) is 17.7 Å². The number of carbonyl (C=O) groups excluding carboxylic acids is 1. The summed E-state index contributed by atoms with van der Waals surface area (Å²) in [5, 5.41) is 20.3. The maximum Gasteiger partial charge on any atom is 0.315 e. The smallest absolute Gasteiger partial charge is 0.315 e. The molecule has 5 nitrogen and oxygen atoms in total. The van der Waals surface area contributed by atoms with Crippen LogP contribution in [0.5, 0.6) is 0 Å². The number of benzene rings is 1. The van der Waals surface area contributed by atoms with Crippen LogP contribution in [0.25, 0.3) is 11.0 Å². The lowest BCUT2D eigenvalue weighted by Crippen LogP contribution is -2.39. The van der Waals surface area contributed by atoms with E-state index in [9.17, 15) is 9.90 Å². The average Bonchev–Trinajstić information content (AvgIpc) is 3.21. The summed E-state index contributed by atoms with van der Waals surface area (Å²) in [6.45, 7) is 4.02. The van der Waals surface area contributed by atoms with E-state index in [-0.39, 0.29) is 18.6 Å². The number of fused-ring (bicyclic) bond motifs is 1. The minimum atomic E-state index is -0.703. The highest BCUT2D eigenvalue weighted by Gasteiger charge is 2.18. The molecule has 3 aromatic rings.